The Morgan fingerprint density at radius 2 is 2.24 bits per heavy atom. The quantitative estimate of drug-likeness (QED) is 0.756. The molecule has 3 rings (SSSR count). The summed E-state index contributed by atoms with van der Waals surface area (Å²) in [4.78, 5) is 14.5. The highest BCUT2D eigenvalue weighted by Crippen LogP contribution is 2.34. The highest BCUT2D eigenvalue weighted by Gasteiger charge is 2.44. The van der Waals surface area contributed by atoms with Crippen molar-refractivity contribution in [3.8, 4) is 0 Å². The van der Waals surface area contributed by atoms with Crippen molar-refractivity contribution in [1.82, 2.24) is 10.6 Å². The molecule has 1 aromatic rings. The Morgan fingerprint density at radius 1 is 1.41 bits per heavy atom. The smallest absolute Gasteiger partial charge is 0.255 e. The molecule has 2 heterocycles. The van der Waals surface area contributed by atoms with E-state index in [2.05, 4.69) is 22.5 Å². The number of hydrogen-bond acceptors (Lipinski definition) is 3. The lowest BCUT2D eigenvalue weighted by Crippen LogP contribution is -2.65. The van der Waals surface area contributed by atoms with Crippen LogP contribution in [-0.2, 0) is 0 Å². The Bertz CT molecular complexity index is 452. The molecule has 0 saturated carbocycles. The SMILES string of the molecule is CCN1c2ccccc2C(=O)NC12CCNC2. The van der Waals surface area contributed by atoms with E-state index in [4.69, 9.17) is 0 Å². The number of carbonyl (C=O) groups is 1. The van der Waals surface area contributed by atoms with Gasteiger partial charge in [0, 0.05) is 19.5 Å². The molecule has 90 valence electrons. The maximum atomic E-state index is 12.1. The molecule has 17 heavy (non-hydrogen) atoms. The molecule has 2 N–H and O–H groups in total. The van der Waals surface area contributed by atoms with Crippen molar-refractivity contribution in [2.24, 2.45) is 0 Å². The lowest BCUT2D eigenvalue weighted by Gasteiger charge is -2.46. The van der Waals surface area contributed by atoms with E-state index < -0.39 is 0 Å². The van der Waals surface area contributed by atoms with E-state index in [-0.39, 0.29) is 11.6 Å². The van der Waals surface area contributed by atoms with Gasteiger partial charge in [-0.3, -0.25) is 4.79 Å². The minimum Gasteiger partial charge on any atom is -0.347 e. The normalized spacial score (nSPS) is 27.1. The molecule has 0 aliphatic carbocycles. The first kappa shape index (κ1) is 10.6. The van der Waals surface area contributed by atoms with Crippen LogP contribution in [-0.4, -0.2) is 31.2 Å². The molecule has 0 radical (unpaired) electrons. The van der Waals surface area contributed by atoms with Crippen molar-refractivity contribution in [1.29, 1.82) is 0 Å². The molecule has 1 saturated heterocycles. The molecule has 2 aliphatic heterocycles. The van der Waals surface area contributed by atoms with Crippen LogP contribution >= 0.6 is 0 Å². The Morgan fingerprint density at radius 3 is 2.94 bits per heavy atom. The summed E-state index contributed by atoms with van der Waals surface area (Å²) in [5, 5.41) is 6.52. The molecule has 1 unspecified atom stereocenters. The van der Waals surface area contributed by atoms with Crippen molar-refractivity contribution in [3.63, 3.8) is 0 Å². The number of hydrogen-bond donors (Lipinski definition) is 2. The second-order valence-electron chi connectivity index (χ2n) is 4.67. The summed E-state index contributed by atoms with van der Waals surface area (Å²) < 4.78 is 0. The maximum absolute atomic E-state index is 12.1. The summed E-state index contributed by atoms with van der Waals surface area (Å²) in [6, 6.07) is 7.84. The van der Waals surface area contributed by atoms with Gasteiger partial charge >= 0.3 is 0 Å². The fraction of sp³-hybridized carbons (Fsp3) is 0.462. The Labute approximate surface area is 101 Å². The second-order valence-corrected chi connectivity index (χ2v) is 4.67. The van der Waals surface area contributed by atoms with Gasteiger partial charge in [0.15, 0.2) is 0 Å². The number of nitrogens with one attached hydrogen (secondary N) is 2. The van der Waals surface area contributed by atoms with Crippen molar-refractivity contribution < 1.29 is 4.79 Å². The number of para-hydroxylation sites is 1. The third-order valence-corrected chi connectivity index (χ3v) is 3.75. The largest absolute Gasteiger partial charge is 0.347 e. The van der Waals surface area contributed by atoms with Gasteiger partial charge in [-0.1, -0.05) is 12.1 Å². The van der Waals surface area contributed by atoms with Gasteiger partial charge in [-0.15, -0.1) is 0 Å². The first-order chi connectivity index (χ1) is 8.27. The topological polar surface area (TPSA) is 44.4 Å². The molecule has 2 aliphatic rings. The predicted octanol–water partition coefficient (Wildman–Crippen LogP) is 0.946. The standard InChI is InChI=1S/C13H17N3O/c1-2-16-11-6-4-3-5-10(11)12(17)15-13(16)7-8-14-9-13/h3-6,14H,2,7-9H2,1H3,(H,15,17). The van der Waals surface area contributed by atoms with Crippen LogP contribution in [0.1, 0.15) is 23.7 Å². The Kier molecular flexibility index (Phi) is 2.33. The monoisotopic (exact) mass is 231 g/mol. The Hall–Kier alpha value is -1.55. The van der Waals surface area contributed by atoms with E-state index in [1.807, 2.05) is 24.3 Å². The molecule has 1 fully saturated rings. The van der Waals surface area contributed by atoms with Crippen LogP contribution < -0.4 is 15.5 Å². The zero-order valence-corrected chi connectivity index (χ0v) is 9.99. The van der Waals surface area contributed by atoms with Crippen LogP contribution in [0, 0.1) is 0 Å². The van der Waals surface area contributed by atoms with Crippen LogP contribution in [0.3, 0.4) is 0 Å². The van der Waals surface area contributed by atoms with E-state index in [0.29, 0.717) is 0 Å². The number of fused-ring (bicyclic) bond motifs is 1. The number of likely N-dealkylation sites (N-methyl/N-ethyl adjacent to an activating group) is 1. The van der Waals surface area contributed by atoms with E-state index in [9.17, 15) is 4.79 Å². The van der Waals surface area contributed by atoms with Crippen molar-refractivity contribution in [2.45, 2.75) is 19.0 Å². The minimum atomic E-state index is -0.222. The van der Waals surface area contributed by atoms with Crippen molar-refractivity contribution in [2.75, 3.05) is 24.5 Å². The molecule has 0 bridgehead atoms. The van der Waals surface area contributed by atoms with E-state index in [0.717, 1.165) is 37.3 Å². The molecule has 1 atom stereocenters. The number of carbonyl (C=O) groups excluding carboxylic acids is 1. The van der Waals surface area contributed by atoms with Crippen molar-refractivity contribution >= 4 is 11.6 Å². The molecular formula is C13H17N3O. The second kappa shape index (κ2) is 3.74. The van der Waals surface area contributed by atoms with Crippen LogP contribution in [0.4, 0.5) is 5.69 Å². The van der Waals surface area contributed by atoms with Gasteiger partial charge in [-0.05, 0) is 25.6 Å². The van der Waals surface area contributed by atoms with E-state index in [1.54, 1.807) is 0 Å². The highest BCUT2D eigenvalue weighted by molar-refractivity contribution is 6.02. The average Bonchev–Trinajstić information content (AvgIpc) is 2.79. The molecular weight excluding hydrogens is 214 g/mol. The lowest BCUT2D eigenvalue weighted by atomic mass is 9.98. The molecule has 0 aromatic heterocycles. The summed E-state index contributed by atoms with van der Waals surface area (Å²) >= 11 is 0. The van der Waals surface area contributed by atoms with E-state index >= 15 is 0 Å². The summed E-state index contributed by atoms with van der Waals surface area (Å²) in [7, 11) is 0. The highest BCUT2D eigenvalue weighted by atomic mass is 16.2. The molecule has 4 nitrogen and oxygen atoms in total. The summed E-state index contributed by atoms with van der Waals surface area (Å²) in [5.41, 5.74) is 1.62. The third-order valence-electron chi connectivity index (χ3n) is 3.75. The summed E-state index contributed by atoms with van der Waals surface area (Å²) in [6.45, 7) is 4.81. The zero-order valence-electron chi connectivity index (χ0n) is 9.99. The third kappa shape index (κ3) is 1.44. The fourth-order valence-corrected chi connectivity index (χ4v) is 2.97. The van der Waals surface area contributed by atoms with Crippen LogP contribution in [0.25, 0.3) is 0 Å². The first-order valence-corrected chi connectivity index (χ1v) is 6.17. The number of rotatable bonds is 1. The van der Waals surface area contributed by atoms with Gasteiger partial charge in [0.25, 0.3) is 5.91 Å². The number of anilines is 1. The van der Waals surface area contributed by atoms with Gasteiger partial charge in [0.2, 0.25) is 0 Å². The van der Waals surface area contributed by atoms with E-state index in [1.165, 1.54) is 0 Å². The van der Waals surface area contributed by atoms with Gasteiger partial charge < -0.3 is 15.5 Å². The van der Waals surface area contributed by atoms with Gasteiger partial charge in [0.05, 0.1) is 11.3 Å². The molecule has 4 heteroatoms. The summed E-state index contributed by atoms with van der Waals surface area (Å²) in [6.07, 6.45) is 0.959. The van der Waals surface area contributed by atoms with Gasteiger partial charge in [-0.2, -0.15) is 0 Å². The van der Waals surface area contributed by atoms with Crippen molar-refractivity contribution in [3.05, 3.63) is 29.8 Å². The van der Waals surface area contributed by atoms with Crippen LogP contribution in [0.2, 0.25) is 0 Å². The summed E-state index contributed by atoms with van der Waals surface area (Å²) in [5.74, 6) is 0.0500. The Balaban J connectivity index is 2.11. The molecule has 1 aromatic carbocycles. The van der Waals surface area contributed by atoms with Crippen LogP contribution in [0.15, 0.2) is 24.3 Å². The average molecular weight is 231 g/mol. The van der Waals surface area contributed by atoms with Gasteiger partial charge in [-0.25, -0.2) is 0 Å². The minimum absolute atomic E-state index is 0.0500. The fourth-order valence-electron chi connectivity index (χ4n) is 2.97. The number of benzene rings is 1. The number of amides is 1. The van der Waals surface area contributed by atoms with Gasteiger partial charge in [0.1, 0.15) is 5.66 Å². The molecule has 1 amide bonds. The zero-order chi connectivity index (χ0) is 11.9. The maximum Gasteiger partial charge on any atom is 0.255 e. The predicted molar refractivity (Wildman–Crippen MR) is 67.1 cm³/mol. The molecule has 1 spiro atoms. The van der Waals surface area contributed by atoms with Crippen LogP contribution in [0.5, 0.6) is 0 Å². The lowest BCUT2D eigenvalue weighted by molar-refractivity contribution is 0.0889. The first-order valence-electron chi connectivity index (χ1n) is 6.17. The number of nitrogens with zero attached hydrogens (tertiary/aromatic N) is 1.